The number of carbonyl (C=O) groups is 1. The SMILES string of the molecule is CC(C)N1C(=O)N=C(N)C1c1ccc(F)cc1Cl. The van der Waals surface area contributed by atoms with Crippen LogP contribution in [0.4, 0.5) is 9.18 Å². The van der Waals surface area contributed by atoms with E-state index >= 15 is 0 Å². The van der Waals surface area contributed by atoms with Crippen molar-refractivity contribution < 1.29 is 9.18 Å². The Bertz CT molecular complexity index is 530. The number of carbonyl (C=O) groups excluding carboxylic acids is 1. The quantitative estimate of drug-likeness (QED) is 0.897. The number of halogens is 2. The summed E-state index contributed by atoms with van der Waals surface area (Å²) in [6.07, 6.45) is 0. The molecule has 1 unspecified atom stereocenters. The maximum atomic E-state index is 13.0. The Kier molecular flexibility index (Phi) is 3.26. The number of amidine groups is 1. The van der Waals surface area contributed by atoms with Gasteiger partial charge < -0.3 is 10.6 Å². The molecule has 0 radical (unpaired) electrons. The van der Waals surface area contributed by atoms with E-state index in [0.29, 0.717) is 5.56 Å². The Morgan fingerprint density at radius 1 is 1.50 bits per heavy atom. The first-order chi connectivity index (χ1) is 8.41. The van der Waals surface area contributed by atoms with Gasteiger partial charge in [-0.15, -0.1) is 0 Å². The Morgan fingerprint density at radius 3 is 2.72 bits per heavy atom. The average Bonchev–Trinajstić information content (AvgIpc) is 2.53. The van der Waals surface area contributed by atoms with Gasteiger partial charge in [-0.2, -0.15) is 4.99 Å². The van der Waals surface area contributed by atoms with Crippen LogP contribution in [0.1, 0.15) is 25.5 Å². The van der Waals surface area contributed by atoms with Gasteiger partial charge in [0.15, 0.2) is 0 Å². The highest BCUT2D eigenvalue weighted by Crippen LogP contribution is 2.33. The van der Waals surface area contributed by atoms with Crippen LogP contribution in [-0.2, 0) is 0 Å². The zero-order valence-corrected chi connectivity index (χ0v) is 10.8. The maximum Gasteiger partial charge on any atom is 0.346 e. The third-order valence-corrected chi connectivity index (χ3v) is 3.14. The lowest BCUT2D eigenvalue weighted by atomic mass is 10.0. The fourth-order valence-corrected chi connectivity index (χ4v) is 2.30. The number of benzene rings is 1. The summed E-state index contributed by atoms with van der Waals surface area (Å²) in [4.78, 5) is 17.0. The van der Waals surface area contributed by atoms with Gasteiger partial charge in [0.1, 0.15) is 17.7 Å². The number of nitrogens with two attached hydrogens (primary N) is 1. The molecule has 2 N–H and O–H groups in total. The molecule has 0 saturated heterocycles. The first-order valence-corrected chi connectivity index (χ1v) is 5.91. The molecule has 1 atom stereocenters. The maximum absolute atomic E-state index is 13.0. The molecule has 1 aliphatic heterocycles. The van der Waals surface area contributed by atoms with Gasteiger partial charge in [0.05, 0.1) is 0 Å². The van der Waals surface area contributed by atoms with Gasteiger partial charge >= 0.3 is 6.03 Å². The lowest BCUT2D eigenvalue weighted by Crippen LogP contribution is -2.38. The molecule has 2 amide bonds. The number of hydrogen-bond donors (Lipinski definition) is 1. The highest BCUT2D eigenvalue weighted by Gasteiger charge is 2.37. The van der Waals surface area contributed by atoms with Crippen LogP contribution in [0.15, 0.2) is 23.2 Å². The molecule has 0 spiro atoms. The highest BCUT2D eigenvalue weighted by molar-refractivity contribution is 6.31. The molecule has 4 nitrogen and oxygen atoms in total. The normalized spacial score (nSPS) is 19.6. The van der Waals surface area contributed by atoms with Crippen LogP contribution < -0.4 is 5.73 Å². The van der Waals surface area contributed by atoms with Crippen LogP contribution >= 0.6 is 11.6 Å². The molecular weight excluding hydrogens is 257 g/mol. The number of urea groups is 1. The van der Waals surface area contributed by atoms with Crippen LogP contribution in [0.25, 0.3) is 0 Å². The second kappa shape index (κ2) is 4.57. The first kappa shape index (κ1) is 12.8. The van der Waals surface area contributed by atoms with Gasteiger partial charge in [-0.3, -0.25) is 0 Å². The second-order valence-corrected chi connectivity index (χ2v) is 4.80. The van der Waals surface area contributed by atoms with Gasteiger partial charge in [0.25, 0.3) is 0 Å². The molecule has 96 valence electrons. The highest BCUT2D eigenvalue weighted by atomic mass is 35.5. The summed E-state index contributed by atoms with van der Waals surface area (Å²) in [5.74, 6) is -0.248. The van der Waals surface area contributed by atoms with Crippen molar-refractivity contribution in [2.45, 2.75) is 25.9 Å². The number of amides is 2. The predicted molar refractivity (Wildman–Crippen MR) is 68.1 cm³/mol. The lowest BCUT2D eigenvalue weighted by molar-refractivity contribution is 0.190. The molecule has 0 bridgehead atoms. The number of rotatable bonds is 2. The van der Waals surface area contributed by atoms with Crippen molar-refractivity contribution >= 4 is 23.5 Å². The van der Waals surface area contributed by atoms with Crippen LogP contribution in [0.5, 0.6) is 0 Å². The molecule has 6 heteroatoms. The molecule has 0 aromatic heterocycles. The summed E-state index contributed by atoms with van der Waals surface area (Å²) in [5, 5.41) is 0.235. The van der Waals surface area contributed by atoms with E-state index in [-0.39, 0.29) is 16.9 Å². The molecule has 1 aromatic rings. The molecule has 1 heterocycles. The van der Waals surface area contributed by atoms with Gasteiger partial charge in [-0.25, -0.2) is 9.18 Å². The fraction of sp³-hybridized carbons (Fsp3) is 0.333. The average molecular weight is 270 g/mol. The van der Waals surface area contributed by atoms with Crippen molar-refractivity contribution in [3.05, 3.63) is 34.6 Å². The number of aliphatic imine (C=N–C) groups is 1. The van der Waals surface area contributed by atoms with Crippen molar-refractivity contribution in [3.63, 3.8) is 0 Å². The summed E-state index contributed by atoms with van der Waals surface area (Å²) < 4.78 is 13.0. The van der Waals surface area contributed by atoms with Crippen LogP contribution in [0, 0.1) is 5.82 Å². The zero-order chi connectivity index (χ0) is 13.4. The molecular formula is C12H13ClFN3O. The van der Waals surface area contributed by atoms with Gasteiger partial charge in [-0.1, -0.05) is 17.7 Å². The minimum Gasteiger partial charge on any atom is -0.385 e. The number of nitrogens with zero attached hydrogens (tertiary/aromatic N) is 2. The number of hydrogen-bond acceptors (Lipinski definition) is 2. The van der Waals surface area contributed by atoms with E-state index in [9.17, 15) is 9.18 Å². The van der Waals surface area contributed by atoms with Gasteiger partial charge in [-0.05, 0) is 26.0 Å². The van der Waals surface area contributed by atoms with E-state index in [4.69, 9.17) is 17.3 Å². The Hall–Kier alpha value is -1.62. The lowest BCUT2D eigenvalue weighted by Gasteiger charge is -2.28. The van der Waals surface area contributed by atoms with Crippen molar-refractivity contribution in [1.82, 2.24) is 4.90 Å². The summed E-state index contributed by atoms with van der Waals surface area (Å²) in [6.45, 7) is 3.72. The fourth-order valence-electron chi connectivity index (χ4n) is 2.03. The first-order valence-electron chi connectivity index (χ1n) is 5.53. The van der Waals surface area contributed by atoms with Crippen molar-refractivity contribution in [2.24, 2.45) is 10.7 Å². The third kappa shape index (κ3) is 2.06. The van der Waals surface area contributed by atoms with E-state index in [0.717, 1.165) is 0 Å². The van der Waals surface area contributed by atoms with E-state index in [1.165, 1.54) is 23.1 Å². The molecule has 0 fully saturated rings. The summed E-state index contributed by atoms with van der Waals surface area (Å²) >= 11 is 6.00. The minimum absolute atomic E-state index is 0.0755. The Balaban J connectivity index is 2.48. The van der Waals surface area contributed by atoms with Gasteiger partial charge in [0, 0.05) is 16.6 Å². The van der Waals surface area contributed by atoms with E-state index in [2.05, 4.69) is 4.99 Å². The van der Waals surface area contributed by atoms with E-state index in [1.807, 2.05) is 13.8 Å². The molecule has 1 aromatic carbocycles. The predicted octanol–water partition coefficient (Wildman–Crippen LogP) is 2.72. The standard InChI is InChI=1S/C12H13ClFN3O/c1-6(2)17-10(11(15)16-12(17)18)8-4-3-7(14)5-9(8)13/h3-6,10H,1-2H3,(H2,15,16,18). The third-order valence-electron chi connectivity index (χ3n) is 2.82. The van der Waals surface area contributed by atoms with Crippen LogP contribution in [0.3, 0.4) is 0 Å². The van der Waals surface area contributed by atoms with Gasteiger partial charge in [0.2, 0.25) is 0 Å². The molecule has 2 rings (SSSR count). The molecule has 0 aliphatic carbocycles. The smallest absolute Gasteiger partial charge is 0.346 e. The molecule has 0 saturated carbocycles. The monoisotopic (exact) mass is 269 g/mol. The van der Waals surface area contributed by atoms with E-state index < -0.39 is 17.9 Å². The minimum atomic E-state index is -0.523. The van der Waals surface area contributed by atoms with Crippen molar-refractivity contribution in [2.75, 3.05) is 0 Å². The largest absolute Gasteiger partial charge is 0.385 e. The zero-order valence-electron chi connectivity index (χ0n) is 10.0. The second-order valence-electron chi connectivity index (χ2n) is 4.39. The topological polar surface area (TPSA) is 58.7 Å². The Morgan fingerprint density at radius 2 is 2.17 bits per heavy atom. The molecule has 18 heavy (non-hydrogen) atoms. The summed E-state index contributed by atoms with van der Waals surface area (Å²) in [6, 6.07) is 3.02. The summed E-state index contributed by atoms with van der Waals surface area (Å²) in [7, 11) is 0. The van der Waals surface area contributed by atoms with Crippen LogP contribution in [-0.4, -0.2) is 22.8 Å². The van der Waals surface area contributed by atoms with Crippen molar-refractivity contribution in [1.29, 1.82) is 0 Å². The van der Waals surface area contributed by atoms with E-state index in [1.54, 1.807) is 0 Å². The summed E-state index contributed by atoms with van der Waals surface area (Å²) in [5.41, 5.74) is 6.35. The van der Waals surface area contributed by atoms with Crippen molar-refractivity contribution in [3.8, 4) is 0 Å². The van der Waals surface area contributed by atoms with Crippen LogP contribution in [0.2, 0.25) is 5.02 Å². The Labute approximate surface area is 109 Å². The molecule has 1 aliphatic rings.